The summed E-state index contributed by atoms with van der Waals surface area (Å²) in [7, 11) is 3.16. The van der Waals surface area contributed by atoms with Crippen LogP contribution in [0, 0.1) is 0 Å². The zero-order valence-electron chi connectivity index (χ0n) is 28.7. The number of esters is 1. The van der Waals surface area contributed by atoms with Gasteiger partial charge in [-0.2, -0.15) is 0 Å². The molecule has 0 aliphatic heterocycles. The summed E-state index contributed by atoms with van der Waals surface area (Å²) in [5.74, 6) is 0.619. The monoisotopic (exact) mass is 648 g/mol. The summed E-state index contributed by atoms with van der Waals surface area (Å²) in [6.07, 6.45) is -0.0313. The average molecular weight is 649 g/mol. The molecule has 2 N–H and O–H groups in total. The zero-order valence-corrected chi connectivity index (χ0v) is 28.7. The number of hydrogen-bond acceptors (Lipinski definition) is 8. The average Bonchev–Trinajstić information content (AvgIpc) is 3.01. The van der Waals surface area contributed by atoms with Crippen LogP contribution in [0.5, 0.6) is 11.5 Å². The Morgan fingerprint density at radius 2 is 1.09 bits per heavy atom. The zero-order chi connectivity index (χ0) is 34.7. The molecule has 0 aliphatic carbocycles. The first-order chi connectivity index (χ1) is 22.2. The summed E-state index contributed by atoms with van der Waals surface area (Å²) >= 11 is 0. The van der Waals surface area contributed by atoms with Gasteiger partial charge in [-0.05, 0) is 85.1 Å². The molecule has 1 atom stereocenters. The van der Waals surface area contributed by atoms with E-state index in [1.807, 2.05) is 54.6 Å². The molecule has 10 nitrogen and oxygen atoms in total. The third kappa shape index (κ3) is 10.9. The van der Waals surface area contributed by atoms with Gasteiger partial charge in [0, 0.05) is 23.2 Å². The van der Waals surface area contributed by atoms with Crippen molar-refractivity contribution in [1.82, 2.24) is 10.6 Å². The predicted molar refractivity (Wildman–Crippen MR) is 180 cm³/mol. The van der Waals surface area contributed by atoms with Gasteiger partial charge in [0.05, 0.1) is 14.2 Å². The highest BCUT2D eigenvalue weighted by atomic mass is 16.6. The van der Waals surface area contributed by atoms with Gasteiger partial charge in [-0.1, -0.05) is 54.6 Å². The van der Waals surface area contributed by atoms with Gasteiger partial charge in [0.2, 0.25) is 0 Å². The summed E-state index contributed by atoms with van der Waals surface area (Å²) in [6, 6.07) is 23.0. The van der Waals surface area contributed by atoms with E-state index in [4.69, 9.17) is 23.7 Å². The molecule has 3 aromatic carbocycles. The van der Waals surface area contributed by atoms with Gasteiger partial charge >= 0.3 is 18.2 Å². The van der Waals surface area contributed by atoms with Crippen molar-refractivity contribution in [3.05, 3.63) is 95.6 Å². The second-order valence-electron chi connectivity index (χ2n) is 13.0. The van der Waals surface area contributed by atoms with E-state index in [0.29, 0.717) is 47.6 Å². The fraction of sp³-hybridized carbons (Fsp3) is 0.432. The molecule has 0 radical (unpaired) electrons. The molecule has 0 aliphatic rings. The maximum Gasteiger partial charge on any atom is 0.408 e. The number of nitrogens with one attached hydrogen (secondary N) is 2. The number of carbonyl (C=O) groups excluding carboxylic acids is 3. The van der Waals surface area contributed by atoms with Crippen LogP contribution in [0.3, 0.4) is 0 Å². The molecule has 254 valence electrons. The minimum atomic E-state index is -1.41. The molecule has 2 amide bonds. The number of unbranched alkanes of at least 4 members (excludes halogenated alkanes) is 1. The molecule has 0 unspecified atom stereocenters. The second kappa shape index (κ2) is 16.2. The van der Waals surface area contributed by atoms with Gasteiger partial charge in [0.25, 0.3) is 0 Å². The highest BCUT2D eigenvalue weighted by molar-refractivity contribution is 5.82. The van der Waals surface area contributed by atoms with Crippen LogP contribution < -0.4 is 20.1 Å². The molecule has 0 spiro atoms. The first-order valence-corrected chi connectivity index (χ1v) is 15.7. The van der Waals surface area contributed by atoms with Crippen molar-refractivity contribution in [1.29, 1.82) is 0 Å². The van der Waals surface area contributed by atoms with E-state index in [1.165, 1.54) is 0 Å². The van der Waals surface area contributed by atoms with Crippen LogP contribution in [0.2, 0.25) is 0 Å². The molecule has 0 saturated carbocycles. The number of benzene rings is 3. The summed E-state index contributed by atoms with van der Waals surface area (Å²) in [4.78, 5) is 39.4. The molecule has 3 rings (SSSR count). The third-order valence-corrected chi connectivity index (χ3v) is 6.99. The van der Waals surface area contributed by atoms with Gasteiger partial charge < -0.3 is 34.3 Å². The molecular weight excluding hydrogens is 600 g/mol. The molecule has 0 heterocycles. The number of methoxy groups -OCH3 is 2. The number of rotatable bonds is 13. The van der Waals surface area contributed by atoms with Gasteiger partial charge in [-0.15, -0.1) is 0 Å². The molecule has 47 heavy (non-hydrogen) atoms. The lowest BCUT2D eigenvalue weighted by atomic mass is 9.80. The number of carbonyl (C=O) groups is 3. The maximum absolute atomic E-state index is 14.3. The first-order valence-electron chi connectivity index (χ1n) is 15.7. The fourth-order valence-electron chi connectivity index (χ4n) is 4.90. The molecule has 0 saturated heterocycles. The van der Waals surface area contributed by atoms with E-state index in [0.717, 1.165) is 0 Å². The Kier molecular flexibility index (Phi) is 12.7. The van der Waals surface area contributed by atoms with Crippen molar-refractivity contribution in [3.63, 3.8) is 0 Å². The first kappa shape index (κ1) is 36.7. The molecule has 0 fully saturated rings. The molecule has 3 aromatic rings. The number of hydrogen-bond donors (Lipinski definition) is 2. The van der Waals surface area contributed by atoms with Crippen molar-refractivity contribution in [2.75, 3.05) is 20.8 Å². The van der Waals surface area contributed by atoms with Gasteiger partial charge in [-0.3, -0.25) is 0 Å². The quantitative estimate of drug-likeness (QED) is 0.0869. The normalized spacial score (nSPS) is 12.3. The molecule has 0 bridgehead atoms. The van der Waals surface area contributed by atoms with Gasteiger partial charge in [0.15, 0.2) is 5.60 Å². The molecular formula is C37H48N2O8. The van der Waals surface area contributed by atoms with Crippen molar-refractivity contribution in [2.24, 2.45) is 0 Å². The lowest BCUT2D eigenvalue weighted by Crippen LogP contribution is -2.47. The molecule has 10 heteroatoms. The van der Waals surface area contributed by atoms with E-state index >= 15 is 0 Å². The summed E-state index contributed by atoms with van der Waals surface area (Å²) in [5.41, 5.74) is -0.781. The Morgan fingerprint density at radius 3 is 1.55 bits per heavy atom. The highest BCUT2D eigenvalue weighted by Crippen LogP contribution is 2.42. The van der Waals surface area contributed by atoms with E-state index in [-0.39, 0.29) is 6.42 Å². The Balaban J connectivity index is 1.99. The van der Waals surface area contributed by atoms with E-state index < -0.39 is 41.0 Å². The standard InChI is InChI=1S/C37H48N2O8/c1-35(2,3)46-33(41)38-25-13-12-16-31(39-34(42)47-36(4,5)6)32(40)45-37(26-14-10-9-11-15-26,27-17-21-29(43-7)22-18-27)28-19-23-30(44-8)24-20-28/h9-11,14-15,17-24,31H,12-13,16,25H2,1-8H3,(H,38,41)(H,39,42)/t31-/m0/s1. The second-order valence-corrected chi connectivity index (χ2v) is 13.0. The van der Waals surface area contributed by atoms with Gasteiger partial charge in [-0.25, -0.2) is 14.4 Å². The van der Waals surface area contributed by atoms with Crippen molar-refractivity contribution in [2.45, 2.75) is 83.6 Å². The van der Waals surface area contributed by atoms with Crippen LogP contribution in [0.4, 0.5) is 9.59 Å². The van der Waals surface area contributed by atoms with Crippen LogP contribution in [-0.2, 0) is 24.6 Å². The minimum Gasteiger partial charge on any atom is -0.497 e. The van der Waals surface area contributed by atoms with Crippen LogP contribution in [-0.4, -0.2) is 56.2 Å². The Hall–Kier alpha value is -4.73. The summed E-state index contributed by atoms with van der Waals surface area (Å²) in [5, 5.41) is 5.46. The summed E-state index contributed by atoms with van der Waals surface area (Å²) in [6.45, 7) is 10.9. The lowest BCUT2D eigenvalue weighted by Gasteiger charge is -2.36. The SMILES string of the molecule is COc1ccc(C(OC(=O)[C@H](CCCCNC(=O)OC(C)(C)C)NC(=O)OC(C)(C)C)(c2ccccc2)c2ccc(OC)cc2)cc1. The van der Waals surface area contributed by atoms with Crippen molar-refractivity contribution in [3.8, 4) is 11.5 Å². The lowest BCUT2D eigenvalue weighted by molar-refractivity contribution is -0.156. The largest absolute Gasteiger partial charge is 0.497 e. The van der Waals surface area contributed by atoms with Crippen molar-refractivity contribution < 1.29 is 38.1 Å². The topological polar surface area (TPSA) is 121 Å². The van der Waals surface area contributed by atoms with E-state index in [1.54, 1.807) is 80.0 Å². The van der Waals surface area contributed by atoms with Crippen LogP contribution >= 0.6 is 0 Å². The molecule has 0 aromatic heterocycles. The van der Waals surface area contributed by atoms with Crippen LogP contribution in [0.25, 0.3) is 0 Å². The highest BCUT2D eigenvalue weighted by Gasteiger charge is 2.42. The Bertz CT molecular complexity index is 1400. The fourth-order valence-corrected chi connectivity index (χ4v) is 4.90. The Morgan fingerprint density at radius 1 is 0.617 bits per heavy atom. The van der Waals surface area contributed by atoms with Crippen LogP contribution in [0.15, 0.2) is 78.9 Å². The third-order valence-electron chi connectivity index (χ3n) is 6.99. The maximum atomic E-state index is 14.3. The predicted octanol–water partition coefficient (Wildman–Crippen LogP) is 7.13. The van der Waals surface area contributed by atoms with E-state index in [2.05, 4.69) is 10.6 Å². The summed E-state index contributed by atoms with van der Waals surface area (Å²) < 4.78 is 28.2. The smallest absolute Gasteiger partial charge is 0.408 e. The van der Waals surface area contributed by atoms with Crippen molar-refractivity contribution >= 4 is 18.2 Å². The Labute approximate surface area is 278 Å². The number of alkyl carbamates (subject to hydrolysis) is 2. The van der Waals surface area contributed by atoms with E-state index in [9.17, 15) is 14.4 Å². The number of ether oxygens (including phenoxy) is 5. The van der Waals surface area contributed by atoms with Crippen LogP contribution in [0.1, 0.15) is 77.5 Å². The minimum absolute atomic E-state index is 0.226. The van der Waals surface area contributed by atoms with Gasteiger partial charge in [0.1, 0.15) is 28.7 Å². The number of amides is 2.